The van der Waals surface area contributed by atoms with Gasteiger partial charge in [-0.2, -0.15) is 0 Å². The molecule has 1 heterocycles. The highest BCUT2D eigenvalue weighted by atomic mass is 16.7. The van der Waals surface area contributed by atoms with Crippen LogP contribution in [-0.4, -0.2) is 17.9 Å². The van der Waals surface area contributed by atoms with Gasteiger partial charge in [-0.15, -0.1) is 0 Å². The van der Waals surface area contributed by atoms with Crippen LogP contribution in [0.3, 0.4) is 0 Å². The van der Waals surface area contributed by atoms with E-state index in [1.807, 2.05) is 19.9 Å². The van der Waals surface area contributed by atoms with Crippen LogP contribution >= 0.6 is 0 Å². The lowest BCUT2D eigenvalue weighted by Crippen LogP contribution is -2.06. The third-order valence-corrected chi connectivity index (χ3v) is 10.4. The lowest BCUT2D eigenvalue weighted by Gasteiger charge is -2.21. The van der Waals surface area contributed by atoms with E-state index in [2.05, 4.69) is 119 Å². The number of carbonyl (C=O) groups is 1. The Morgan fingerprint density at radius 2 is 1.19 bits per heavy atom. The highest BCUT2D eigenvalue weighted by Gasteiger charge is 2.21. The van der Waals surface area contributed by atoms with Crippen molar-refractivity contribution >= 4 is 5.97 Å². The van der Waals surface area contributed by atoms with Gasteiger partial charge in [0, 0.05) is 6.42 Å². The minimum Gasteiger partial charge on any atom is -0.481 e. The van der Waals surface area contributed by atoms with Crippen molar-refractivity contribution in [1.82, 2.24) is 0 Å². The summed E-state index contributed by atoms with van der Waals surface area (Å²) in [5.74, 6) is 8.03. The third-order valence-electron chi connectivity index (χ3n) is 10.4. The molecule has 0 bridgehead atoms. The number of benzene rings is 2. The van der Waals surface area contributed by atoms with Crippen molar-refractivity contribution in [3.63, 3.8) is 0 Å². The van der Waals surface area contributed by atoms with Crippen LogP contribution in [0.1, 0.15) is 204 Å². The van der Waals surface area contributed by atoms with Gasteiger partial charge in [-0.1, -0.05) is 203 Å². The molecule has 2 aromatic carbocycles. The Hall–Kier alpha value is -2.49. The van der Waals surface area contributed by atoms with Crippen molar-refractivity contribution < 1.29 is 19.4 Å². The molecule has 0 atom stereocenters. The molecule has 2 fully saturated rings. The monoisotopic (exact) mass is 795 g/mol. The second-order valence-electron chi connectivity index (χ2n) is 19.6. The topological polar surface area (TPSA) is 55.8 Å². The smallest absolute Gasteiger partial charge is 0.303 e. The van der Waals surface area contributed by atoms with Crippen LogP contribution in [0.4, 0.5) is 0 Å². The molecule has 0 aromatic heterocycles. The molecular formula is C53H94O4. The van der Waals surface area contributed by atoms with Crippen molar-refractivity contribution in [2.45, 2.75) is 206 Å². The van der Waals surface area contributed by atoms with Crippen molar-refractivity contribution in [1.29, 1.82) is 0 Å². The predicted molar refractivity (Wildman–Crippen MR) is 250 cm³/mol. The Morgan fingerprint density at radius 3 is 1.63 bits per heavy atom. The molecule has 0 radical (unpaired) electrons. The first-order valence-electron chi connectivity index (χ1n) is 23.7. The molecule has 1 N–H and O–H groups in total. The molecule has 0 unspecified atom stereocenters. The molecule has 4 heteroatoms. The van der Waals surface area contributed by atoms with Crippen molar-refractivity contribution in [2.75, 3.05) is 6.79 Å². The number of carboxylic acids is 1. The number of rotatable bonds is 16. The Balaban J connectivity index is 0.000000672. The molecule has 0 amide bonds. The molecule has 0 saturated heterocycles. The summed E-state index contributed by atoms with van der Waals surface area (Å²) in [4.78, 5) is 9.90. The molecule has 2 saturated carbocycles. The fraction of sp³-hybridized carbons (Fsp3) is 0.755. The van der Waals surface area contributed by atoms with Crippen molar-refractivity contribution in [2.24, 2.45) is 47.3 Å². The van der Waals surface area contributed by atoms with Gasteiger partial charge < -0.3 is 14.6 Å². The maximum atomic E-state index is 9.90. The second-order valence-corrected chi connectivity index (χ2v) is 19.6. The van der Waals surface area contributed by atoms with Crippen molar-refractivity contribution in [3.8, 4) is 11.5 Å². The molecule has 4 nitrogen and oxygen atoms in total. The third kappa shape index (κ3) is 36.3. The van der Waals surface area contributed by atoms with E-state index < -0.39 is 5.97 Å². The lowest BCUT2D eigenvalue weighted by atomic mass is 9.85. The van der Waals surface area contributed by atoms with Gasteiger partial charge in [0.05, 0.1) is 0 Å². The van der Waals surface area contributed by atoms with E-state index in [0.717, 1.165) is 59.8 Å². The summed E-state index contributed by atoms with van der Waals surface area (Å²) in [7, 11) is 0. The zero-order valence-electron chi connectivity index (χ0n) is 39.8. The fourth-order valence-corrected chi connectivity index (χ4v) is 6.73. The predicted octanol–water partition coefficient (Wildman–Crippen LogP) is 16.7. The first-order valence-corrected chi connectivity index (χ1v) is 23.7. The largest absolute Gasteiger partial charge is 0.481 e. The summed E-state index contributed by atoms with van der Waals surface area (Å²) in [6, 6.07) is 16.8. The van der Waals surface area contributed by atoms with Gasteiger partial charge in [-0.25, -0.2) is 0 Å². The van der Waals surface area contributed by atoms with E-state index in [0.29, 0.717) is 25.0 Å². The van der Waals surface area contributed by atoms with Crippen LogP contribution in [0, 0.1) is 47.3 Å². The standard InChI is InChI=1S/C11H14O2.C11H22.C11H16.C7H14.C7H16.C6H12O2/c1-8(2)5-9-3-4-10-11(6-9)13-7-12-10;2*1-10(2)8-9-11-6-4-3-5-7-11;1-6(2)5-7-3-4-7;1-4-5-6-7(2)3;1-5(2)3-4-6(7)8/h3-4,6,8H,5,7H2,1-2H3;10-11H,3-9H2,1-2H3;3-7,10H,8-9H2,1-2H3;6-7H,3-5H2,1-2H3;7H,4-6H2,1-3H3;5H,3-4H2,1-2H3,(H,7,8). The first kappa shape index (κ1) is 54.5. The van der Waals surface area contributed by atoms with Crippen LogP contribution in [0.2, 0.25) is 0 Å². The van der Waals surface area contributed by atoms with Crippen LogP contribution in [-0.2, 0) is 17.6 Å². The number of carboxylic acid groups (broad SMARTS) is 1. The SMILES string of the molecule is CC(C)CC1CC1.CC(C)CCC(=O)O.CC(C)CCC1CCCCC1.CC(C)CCc1ccccc1.CC(C)Cc1ccc2c(c1)OCO2.CCCCC(C)C. The van der Waals surface area contributed by atoms with Crippen LogP contribution in [0.15, 0.2) is 48.5 Å². The van der Waals surface area contributed by atoms with E-state index in [-0.39, 0.29) is 0 Å². The number of unbranched alkanes of at least 4 members (excludes halogenated alkanes) is 1. The number of hydrogen-bond acceptors (Lipinski definition) is 3. The average molecular weight is 795 g/mol. The zero-order valence-corrected chi connectivity index (χ0v) is 39.8. The normalized spacial score (nSPS) is 14.4. The first-order chi connectivity index (χ1) is 27.0. The van der Waals surface area contributed by atoms with Gasteiger partial charge >= 0.3 is 5.97 Å². The summed E-state index contributed by atoms with van der Waals surface area (Å²) in [5.41, 5.74) is 2.78. The average Bonchev–Trinajstić information content (AvgIpc) is 3.84. The highest BCUT2D eigenvalue weighted by molar-refractivity contribution is 5.66. The molecule has 57 heavy (non-hydrogen) atoms. The summed E-state index contributed by atoms with van der Waals surface area (Å²) < 4.78 is 10.5. The Labute approximate surface area is 355 Å². The maximum Gasteiger partial charge on any atom is 0.303 e. The molecular weight excluding hydrogens is 701 g/mol. The second kappa shape index (κ2) is 34.4. The van der Waals surface area contributed by atoms with Crippen LogP contribution < -0.4 is 9.47 Å². The van der Waals surface area contributed by atoms with Crippen LogP contribution in [0.5, 0.6) is 11.5 Å². The van der Waals surface area contributed by atoms with E-state index in [9.17, 15) is 4.79 Å². The molecule has 3 aliphatic rings. The minimum absolute atomic E-state index is 0.303. The molecule has 330 valence electrons. The van der Waals surface area contributed by atoms with E-state index in [1.54, 1.807) is 0 Å². The Kier molecular flexibility index (Phi) is 32.9. The fourth-order valence-electron chi connectivity index (χ4n) is 6.73. The van der Waals surface area contributed by atoms with Gasteiger partial charge in [0.2, 0.25) is 6.79 Å². The lowest BCUT2D eigenvalue weighted by molar-refractivity contribution is -0.137. The number of ether oxygens (including phenoxy) is 2. The van der Waals surface area contributed by atoms with Gasteiger partial charge in [-0.05, 0) is 103 Å². The quantitative estimate of drug-likeness (QED) is 0.184. The zero-order chi connectivity index (χ0) is 43.0. The molecule has 2 aromatic rings. The number of hydrogen-bond donors (Lipinski definition) is 1. The minimum atomic E-state index is -0.696. The number of fused-ring (bicyclic) bond motifs is 1. The van der Waals surface area contributed by atoms with Gasteiger partial charge in [0.25, 0.3) is 0 Å². The van der Waals surface area contributed by atoms with E-state index >= 15 is 0 Å². The molecule has 1 aliphatic heterocycles. The van der Waals surface area contributed by atoms with Gasteiger partial charge in [-0.3, -0.25) is 4.79 Å². The highest BCUT2D eigenvalue weighted by Crippen LogP contribution is 2.35. The number of aliphatic carboxylic acids is 1. The van der Waals surface area contributed by atoms with Gasteiger partial charge in [0.1, 0.15) is 0 Å². The molecule has 5 rings (SSSR count). The Bertz CT molecular complexity index is 1190. The maximum absolute atomic E-state index is 9.90. The van der Waals surface area contributed by atoms with Gasteiger partial charge in [0.15, 0.2) is 11.5 Å². The van der Waals surface area contributed by atoms with E-state index in [1.165, 1.54) is 107 Å². The summed E-state index contributed by atoms with van der Waals surface area (Å²) in [6.45, 7) is 29.4. The molecule has 0 spiro atoms. The van der Waals surface area contributed by atoms with E-state index in [4.69, 9.17) is 14.6 Å². The van der Waals surface area contributed by atoms with Crippen LogP contribution in [0.25, 0.3) is 0 Å². The summed E-state index contributed by atoms with van der Waals surface area (Å²) >= 11 is 0. The van der Waals surface area contributed by atoms with Crippen molar-refractivity contribution in [3.05, 3.63) is 59.7 Å². The number of aryl methyl sites for hydroxylation is 1. The summed E-state index contributed by atoms with van der Waals surface area (Å²) in [5, 5.41) is 8.16. The molecule has 2 aliphatic carbocycles. The Morgan fingerprint density at radius 1 is 0.614 bits per heavy atom. The summed E-state index contributed by atoms with van der Waals surface area (Å²) in [6.07, 6.45) is 23.8.